The van der Waals surface area contributed by atoms with Crippen LogP contribution in [0.5, 0.6) is 0 Å². The lowest BCUT2D eigenvalue weighted by atomic mass is 9.87. The van der Waals surface area contributed by atoms with Gasteiger partial charge in [-0.25, -0.2) is 0 Å². The lowest BCUT2D eigenvalue weighted by Crippen LogP contribution is -2.23. The molecule has 20 heavy (non-hydrogen) atoms. The quantitative estimate of drug-likeness (QED) is 0.749. The van der Waals surface area contributed by atoms with E-state index in [1.165, 1.54) is 0 Å². The highest BCUT2D eigenvalue weighted by Crippen LogP contribution is 2.21. The van der Waals surface area contributed by atoms with Crippen LogP contribution in [0.3, 0.4) is 0 Å². The molecule has 2 aromatic carbocycles. The van der Waals surface area contributed by atoms with Crippen molar-refractivity contribution >= 4 is 11.6 Å². The topological polar surface area (TPSA) is 34.1 Å². The number of hydrogen-bond donors (Lipinski definition) is 0. The van der Waals surface area contributed by atoms with Crippen LogP contribution in [0, 0.1) is 0 Å². The molecule has 0 heterocycles. The van der Waals surface area contributed by atoms with Crippen molar-refractivity contribution in [1.29, 1.82) is 0 Å². The first kappa shape index (κ1) is 14.2. The molecule has 2 aromatic rings. The maximum Gasteiger partial charge on any atom is 0.152 e. The monoisotopic (exact) mass is 266 g/mol. The predicted octanol–water partition coefficient (Wildman–Crippen LogP) is 3.56. The SMILES string of the molecule is CCC(=O)C(C(=O)Cc1ccccc1)c1ccccc1. The van der Waals surface area contributed by atoms with Crippen LogP contribution in [0.15, 0.2) is 60.7 Å². The molecule has 0 aliphatic heterocycles. The van der Waals surface area contributed by atoms with Crippen molar-refractivity contribution in [3.05, 3.63) is 71.8 Å². The van der Waals surface area contributed by atoms with Crippen LogP contribution in [0.2, 0.25) is 0 Å². The van der Waals surface area contributed by atoms with Gasteiger partial charge in [-0.1, -0.05) is 67.6 Å². The summed E-state index contributed by atoms with van der Waals surface area (Å²) in [5, 5.41) is 0. The van der Waals surface area contributed by atoms with Gasteiger partial charge in [-0.2, -0.15) is 0 Å². The molecule has 0 bridgehead atoms. The van der Waals surface area contributed by atoms with Gasteiger partial charge in [0.1, 0.15) is 11.7 Å². The normalized spacial score (nSPS) is 11.8. The number of Topliss-reactive ketones (excluding diaryl/α,β-unsaturated/α-hetero) is 2. The van der Waals surface area contributed by atoms with Gasteiger partial charge in [-0.15, -0.1) is 0 Å². The molecule has 0 aromatic heterocycles. The largest absolute Gasteiger partial charge is 0.299 e. The van der Waals surface area contributed by atoms with E-state index in [1.807, 2.05) is 60.7 Å². The fraction of sp³-hybridized carbons (Fsp3) is 0.222. The first-order valence-corrected chi connectivity index (χ1v) is 6.86. The van der Waals surface area contributed by atoms with E-state index in [4.69, 9.17) is 0 Å². The molecule has 2 heteroatoms. The van der Waals surface area contributed by atoms with Gasteiger partial charge in [0, 0.05) is 12.8 Å². The minimum Gasteiger partial charge on any atom is -0.299 e. The molecule has 1 atom stereocenters. The van der Waals surface area contributed by atoms with Gasteiger partial charge < -0.3 is 0 Å². The van der Waals surface area contributed by atoms with Crippen molar-refractivity contribution in [2.75, 3.05) is 0 Å². The molecule has 0 spiro atoms. The van der Waals surface area contributed by atoms with E-state index < -0.39 is 5.92 Å². The van der Waals surface area contributed by atoms with E-state index in [9.17, 15) is 9.59 Å². The molecule has 0 aliphatic rings. The van der Waals surface area contributed by atoms with Crippen LogP contribution in [-0.4, -0.2) is 11.6 Å². The Bertz CT molecular complexity index is 573. The van der Waals surface area contributed by atoms with Crippen LogP contribution in [0.25, 0.3) is 0 Å². The third-order valence-electron chi connectivity index (χ3n) is 3.35. The van der Waals surface area contributed by atoms with Crippen LogP contribution >= 0.6 is 0 Å². The lowest BCUT2D eigenvalue weighted by Gasteiger charge is -2.14. The Morgan fingerprint density at radius 1 is 0.850 bits per heavy atom. The van der Waals surface area contributed by atoms with E-state index >= 15 is 0 Å². The molecule has 1 unspecified atom stereocenters. The fourth-order valence-electron chi connectivity index (χ4n) is 2.30. The van der Waals surface area contributed by atoms with Crippen LogP contribution < -0.4 is 0 Å². The highest BCUT2D eigenvalue weighted by Gasteiger charge is 2.26. The molecule has 0 saturated heterocycles. The van der Waals surface area contributed by atoms with Crippen molar-refractivity contribution in [1.82, 2.24) is 0 Å². The zero-order valence-corrected chi connectivity index (χ0v) is 11.6. The van der Waals surface area contributed by atoms with Crippen LogP contribution in [-0.2, 0) is 16.0 Å². The summed E-state index contributed by atoms with van der Waals surface area (Å²) < 4.78 is 0. The second kappa shape index (κ2) is 6.80. The van der Waals surface area contributed by atoms with E-state index in [2.05, 4.69) is 0 Å². The molecule has 0 saturated carbocycles. The molecular formula is C18H18O2. The molecular weight excluding hydrogens is 248 g/mol. The van der Waals surface area contributed by atoms with Crippen molar-refractivity contribution in [2.24, 2.45) is 0 Å². The molecule has 0 aliphatic carbocycles. The summed E-state index contributed by atoms with van der Waals surface area (Å²) in [5.74, 6) is -0.687. The van der Waals surface area contributed by atoms with Crippen molar-refractivity contribution in [3.63, 3.8) is 0 Å². The van der Waals surface area contributed by atoms with Gasteiger partial charge in [-0.3, -0.25) is 9.59 Å². The molecule has 2 nitrogen and oxygen atoms in total. The summed E-state index contributed by atoms with van der Waals surface area (Å²) >= 11 is 0. The summed E-state index contributed by atoms with van der Waals surface area (Å²) in [6.45, 7) is 1.80. The minimum absolute atomic E-state index is 0.0165. The average molecular weight is 266 g/mol. The predicted molar refractivity (Wildman–Crippen MR) is 79.6 cm³/mol. The zero-order chi connectivity index (χ0) is 14.4. The highest BCUT2D eigenvalue weighted by molar-refractivity contribution is 6.08. The van der Waals surface area contributed by atoms with Gasteiger partial charge in [0.15, 0.2) is 5.78 Å². The number of benzene rings is 2. The Morgan fingerprint density at radius 2 is 1.40 bits per heavy atom. The molecule has 2 rings (SSSR count). The first-order chi connectivity index (χ1) is 9.72. The second-order valence-corrected chi connectivity index (χ2v) is 4.79. The maximum atomic E-state index is 12.5. The highest BCUT2D eigenvalue weighted by atomic mass is 16.1. The van der Waals surface area contributed by atoms with E-state index in [0.717, 1.165) is 11.1 Å². The lowest BCUT2D eigenvalue weighted by molar-refractivity contribution is -0.128. The average Bonchev–Trinajstić information content (AvgIpc) is 2.49. The standard InChI is InChI=1S/C18H18O2/c1-2-16(19)18(15-11-7-4-8-12-15)17(20)13-14-9-5-3-6-10-14/h3-12,18H,2,13H2,1H3. The fourth-order valence-corrected chi connectivity index (χ4v) is 2.30. The van der Waals surface area contributed by atoms with Gasteiger partial charge >= 0.3 is 0 Å². The molecule has 0 amide bonds. The Morgan fingerprint density at radius 3 is 1.95 bits per heavy atom. The van der Waals surface area contributed by atoms with Crippen molar-refractivity contribution in [2.45, 2.75) is 25.7 Å². The third-order valence-corrected chi connectivity index (χ3v) is 3.35. The van der Waals surface area contributed by atoms with E-state index in [1.54, 1.807) is 6.92 Å². The zero-order valence-electron chi connectivity index (χ0n) is 11.6. The Balaban J connectivity index is 2.24. The van der Waals surface area contributed by atoms with Crippen LogP contribution in [0.1, 0.15) is 30.4 Å². The van der Waals surface area contributed by atoms with Gasteiger partial charge in [0.25, 0.3) is 0 Å². The molecule has 0 radical (unpaired) electrons. The number of carbonyl (C=O) groups excluding carboxylic acids is 2. The maximum absolute atomic E-state index is 12.5. The second-order valence-electron chi connectivity index (χ2n) is 4.79. The summed E-state index contributed by atoms with van der Waals surface area (Å²) in [6, 6.07) is 18.9. The Kier molecular flexibility index (Phi) is 4.83. The van der Waals surface area contributed by atoms with E-state index in [-0.39, 0.29) is 11.6 Å². The molecule has 0 N–H and O–H groups in total. The Labute approximate surface area is 119 Å². The van der Waals surface area contributed by atoms with Crippen molar-refractivity contribution < 1.29 is 9.59 Å². The van der Waals surface area contributed by atoms with Gasteiger partial charge in [0.2, 0.25) is 0 Å². The summed E-state index contributed by atoms with van der Waals surface area (Å²) in [4.78, 5) is 24.6. The van der Waals surface area contributed by atoms with Crippen LogP contribution in [0.4, 0.5) is 0 Å². The minimum atomic E-state index is -0.638. The number of rotatable bonds is 6. The van der Waals surface area contributed by atoms with Gasteiger partial charge in [-0.05, 0) is 11.1 Å². The summed E-state index contributed by atoms with van der Waals surface area (Å²) in [6.07, 6.45) is 0.673. The Hall–Kier alpha value is -2.22. The third kappa shape index (κ3) is 3.41. The number of hydrogen-bond acceptors (Lipinski definition) is 2. The molecule has 0 fully saturated rings. The smallest absolute Gasteiger partial charge is 0.152 e. The van der Waals surface area contributed by atoms with Gasteiger partial charge in [0.05, 0.1) is 0 Å². The summed E-state index contributed by atoms with van der Waals surface area (Å²) in [5.41, 5.74) is 1.74. The number of carbonyl (C=O) groups is 2. The molecule has 102 valence electrons. The van der Waals surface area contributed by atoms with Crippen molar-refractivity contribution in [3.8, 4) is 0 Å². The summed E-state index contributed by atoms with van der Waals surface area (Å²) in [7, 11) is 0. The van der Waals surface area contributed by atoms with E-state index in [0.29, 0.717) is 12.8 Å². The number of ketones is 2. The first-order valence-electron chi connectivity index (χ1n) is 6.86.